The minimum absolute atomic E-state index is 0.463. The summed E-state index contributed by atoms with van der Waals surface area (Å²) >= 11 is 0. The Bertz CT molecular complexity index is 89.6. The fraction of sp³-hybridized carbons (Fsp3) is 1.00. The van der Waals surface area contributed by atoms with E-state index in [4.69, 9.17) is 10.6 Å². The van der Waals surface area contributed by atoms with E-state index in [2.05, 4.69) is 0 Å². The van der Waals surface area contributed by atoms with Gasteiger partial charge in [0, 0.05) is 19.7 Å². The maximum Gasteiger partial charge on any atom is 0.0600 e. The van der Waals surface area contributed by atoms with Gasteiger partial charge >= 0.3 is 0 Å². The third kappa shape index (κ3) is 2.25. The van der Waals surface area contributed by atoms with Crippen molar-refractivity contribution in [3.8, 4) is 0 Å². The summed E-state index contributed by atoms with van der Waals surface area (Å²) in [6, 6.07) is 0. The van der Waals surface area contributed by atoms with Crippen molar-refractivity contribution in [1.29, 1.82) is 0 Å². The molecule has 3 nitrogen and oxygen atoms in total. The molecule has 0 aliphatic carbocycles. The molecular formula is C7H16N2O. The predicted octanol–water partition coefficient (Wildman–Crippen LogP) is 0.361. The number of hydrazine groups is 1. The molecule has 10 heavy (non-hydrogen) atoms. The van der Waals surface area contributed by atoms with Crippen molar-refractivity contribution in [3.63, 3.8) is 0 Å². The Kier molecular flexibility index (Phi) is 3.12. The molecule has 0 atom stereocenters. The molecule has 0 aromatic carbocycles. The molecule has 3 heteroatoms. The van der Waals surface area contributed by atoms with Gasteiger partial charge in [-0.1, -0.05) is 0 Å². The normalized spacial score (nSPS) is 23.4. The van der Waals surface area contributed by atoms with E-state index in [9.17, 15) is 0 Å². The first-order valence-electron chi connectivity index (χ1n) is 3.94. The molecule has 0 amide bonds. The van der Waals surface area contributed by atoms with Gasteiger partial charge in [-0.05, 0) is 19.8 Å². The number of ether oxygens (including phenoxy) is 1. The lowest BCUT2D eigenvalue weighted by Crippen LogP contribution is -2.41. The summed E-state index contributed by atoms with van der Waals surface area (Å²) in [7, 11) is 0. The third-order valence-corrected chi connectivity index (χ3v) is 1.88. The second-order valence-electron chi connectivity index (χ2n) is 2.69. The Morgan fingerprint density at radius 1 is 1.50 bits per heavy atom. The number of nitrogens with zero attached hydrogens (tertiary/aromatic N) is 1. The highest BCUT2D eigenvalue weighted by molar-refractivity contribution is 4.68. The minimum atomic E-state index is 0.463. The Hall–Kier alpha value is -0.120. The molecule has 1 aliphatic rings. The average molecular weight is 144 g/mol. The van der Waals surface area contributed by atoms with Crippen LogP contribution in [-0.2, 0) is 4.74 Å². The molecule has 0 spiro atoms. The SMILES string of the molecule is CCOC1CCN(N)CC1. The van der Waals surface area contributed by atoms with Crippen molar-refractivity contribution in [3.05, 3.63) is 0 Å². The van der Waals surface area contributed by atoms with Crippen molar-refractivity contribution < 1.29 is 4.74 Å². The Balaban J connectivity index is 2.13. The predicted molar refractivity (Wildman–Crippen MR) is 40.4 cm³/mol. The maximum atomic E-state index is 5.57. The van der Waals surface area contributed by atoms with Gasteiger partial charge in [-0.25, -0.2) is 5.01 Å². The summed E-state index contributed by atoms with van der Waals surface area (Å²) in [5.41, 5.74) is 0. The van der Waals surface area contributed by atoms with Gasteiger partial charge in [-0.15, -0.1) is 0 Å². The van der Waals surface area contributed by atoms with E-state index in [1.807, 2.05) is 11.9 Å². The van der Waals surface area contributed by atoms with Crippen molar-refractivity contribution in [2.75, 3.05) is 19.7 Å². The van der Waals surface area contributed by atoms with Crippen LogP contribution < -0.4 is 5.84 Å². The molecule has 1 heterocycles. The van der Waals surface area contributed by atoms with Crippen LogP contribution in [0.4, 0.5) is 0 Å². The van der Waals surface area contributed by atoms with Crippen LogP contribution in [0.1, 0.15) is 19.8 Å². The van der Waals surface area contributed by atoms with Gasteiger partial charge in [0.05, 0.1) is 6.10 Å². The Morgan fingerprint density at radius 2 is 2.10 bits per heavy atom. The van der Waals surface area contributed by atoms with Gasteiger partial charge in [0.2, 0.25) is 0 Å². The zero-order valence-electron chi connectivity index (χ0n) is 6.55. The quantitative estimate of drug-likeness (QED) is 0.569. The first-order valence-corrected chi connectivity index (χ1v) is 3.94. The van der Waals surface area contributed by atoms with Gasteiger partial charge < -0.3 is 4.74 Å². The highest BCUT2D eigenvalue weighted by atomic mass is 16.5. The molecule has 0 bridgehead atoms. The van der Waals surface area contributed by atoms with Gasteiger partial charge in [0.15, 0.2) is 0 Å². The molecule has 2 N–H and O–H groups in total. The first-order chi connectivity index (χ1) is 4.83. The summed E-state index contributed by atoms with van der Waals surface area (Å²) in [6.45, 7) is 4.82. The molecule has 0 saturated carbocycles. The van der Waals surface area contributed by atoms with E-state index in [1.165, 1.54) is 0 Å². The fourth-order valence-electron chi connectivity index (χ4n) is 1.28. The van der Waals surface area contributed by atoms with Crippen LogP contribution >= 0.6 is 0 Å². The van der Waals surface area contributed by atoms with Gasteiger partial charge in [0.1, 0.15) is 0 Å². The number of rotatable bonds is 2. The fourth-order valence-corrected chi connectivity index (χ4v) is 1.28. The van der Waals surface area contributed by atoms with E-state index >= 15 is 0 Å². The van der Waals surface area contributed by atoms with Gasteiger partial charge in [-0.3, -0.25) is 5.84 Å². The van der Waals surface area contributed by atoms with Crippen molar-refractivity contribution >= 4 is 0 Å². The Labute approximate surface area is 62.1 Å². The number of nitrogens with two attached hydrogens (primary N) is 1. The second kappa shape index (κ2) is 3.91. The second-order valence-corrected chi connectivity index (χ2v) is 2.69. The third-order valence-electron chi connectivity index (χ3n) is 1.88. The van der Waals surface area contributed by atoms with E-state index in [0.29, 0.717) is 6.10 Å². The Morgan fingerprint density at radius 3 is 2.60 bits per heavy atom. The van der Waals surface area contributed by atoms with Crippen LogP contribution in [0.5, 0.6) is 0 Å². The summed E-state index contributed by atoms with van der Waals surface area (Å²) in [6.07, 6.45) is 2.64. The molecular weight excluding hydrogens is 128 g/mol. The van der Waals surface area contributed by atoms with Crippen LogP contribution in [0.15, 0.2) is 0 Å². The number of hydrogen-bond donors (Lipinski definition) is 1. The molecule has 1 aliphatic heterocycles. The lowest BCUT2D eigenvalue weighted by Gasteiger charge is -2.27. The number of piperidine rings is 1. The van der Waals surface area contributed by atoms with Crippen molar-refractivity contribution in [2.45, 2.75) is 25.9 Å². The van der Waals surface area contributed by atoms with Crippen LogP contribution in [0.2, 0.25) is 0 Å². The molecule has 0 aromatic heterocycles. The zero-order valence-corrected chi connectivity index (χ0v) is 6.55. The summed E-state index contributed by atoms with van der Waals surface area (Å²) in [4.78, 5) is 0. The lowest BCUT2D eigenvalue weighted by molar-refractivity contribution is 0.0141. The molecule has 0 unspecified atom stereocenters. The zero-order chi connectivity index (χ0) is 7.40. The maximum absolute atomic E-state index is 5.57. The summed E-state index contributed by atoms with van der Waals surface area (Å²) < 4.78 is 5.45. The smallest absolute Gasteiger partial charge is 0.0600 e. The summed E-state index contributed by atoms with van der Waals surface area (Å²) in [5.74, 6) is 5.57. The van der Waals surface area contributed by atoms with Crippen LogP contribution in [0.25, 0.3) is 0 Å². The minimum Gasteiger partial charge on any atom is -0.378 e. The molecule has 1 saturated heterocycles. The molecule has 1 rings (SSSR count). The number of hydrogen-bond acceptors (Lipinski definition) is 3. The van der Waals surface area contributed by atoms with Gasteiger partial charge in [-0.2, -0.15) is 0 Å². The standard InChI is InChI=1S/C7H16N2O/c1-2-10-7-3-5-9(8)6-4-7/h7H,2-6,8H2,1H3. The van der Waals surface area contributed by atoms with Crippen LogP contribution in [-0.4, -0.2) is 30.8 Å². The molecule has 0 radical (unpaired) electrons. The van der Waals surface area contributed by atoms with E-state index in [-0.39, 0.29) is 0 Å². The van der Waals surface area contributed by atoms with Crippen molar-refractivity contribution in [1.82, 2.24) is 5.01 Å². The molecule has 60 valence electrons. The largest absolute Gasteiger partial charge is 0.378 e. The van der Waals surface area contributed by atoms with Gasteiger partial charge in [0.25, 0.3) is 0 Å². The highest BCUT2D eigenvalue weighted by Gasteiger charge is 2.16. The van der Waals surface area contributed by atoms with E-state index in [1.54, 1.807) is 0 Å². The lowest BCUT2D eigenvalue weighted by atomic mass is 10.1. The highest BCUT2D eigenvalue weighted by Crippen LogP contribution is 2.10. The summed E-state index contributed by atoms with van der Waals surface area (Å²) in [5, 5.41) is 1.86. The van der Waals surface area contributed by atoms with Crippen LogP contribution in [0.3, 0.4) is 0 Å². The molecule has 1 fully saturated rings. The van der Waals surface area contributed by atoms with E-state index in [0.717, 1.165) is 32.5 Å². The van der Waals surface area contributed by atoms with E-state index < -0.39 is 0 Å². The first kappa shape index (κ1) is 7.98. The van der Waals surface area contributed by atoms with Crippen molar-refractivity contribution in [2.24, 2.45) is 5.84 Å². The van der Waals surface area contributed by atoms with Crippen LogP contribution in [0, 0.1) is 0 Å². The monoisotopic (exact) mass is 144 g/mol. The molecule has 0 aromatic rings. The average Bonchev–Trinajstić information content (AvgIpc) is 1.95. The topological polar surface area (TPSA) is 38.5 Å².